The van der Waals surface area contributed by atoms with E-state index >= 15 is 0 Å². The molecule has 37 heavy (non-hydrogen) atoms. The summed E-state index contributed by atoms with van der Waals surface area (Å²) < 4.78 is 40.9. The topological polar surface area (TPSA) is 102 Å². The highest BCUT2D eigenvalue weighted by Crippen LogP contribution is 2.48. The molecule has 192 valence electrons. The average Bonchev–Trinajstić information content (AvgIpc) is 3.24. The number of anilines is 1. The summed E-state index contributed by atoms with van der Waals surface area (Å²) >= 11 is 0. The number of hydrogen-bond donors (Lipinski definition) is 0. The van der Waals surface area contributed by atoms with Crippen LogP contribution >= 0.6 is 0 Å². The fourth-order valence-corrected chi connectivity index (χ4v) is 6.27. The molecule has 0 radical (unpaired) electrons. The Morgan fingerprint density at radius 3 is 2.38 bits per heavy atom. The maximum atomic E-state index is 14.0. The number of nitro groups is 1. The van der Waals surface area contributed by atoms with Crippen molar-refractivity contribution in [1.29, 1.82) is 0 Å². The number of hydrogen-bond acceptors (Lipinski definition) is 7. The molecule has 0 bridgehead atoms. The van der Waals surface area contributed by atoms with E-state index in [0.29, 0.717) is 43.4 Å². The molecule has 0 aromatic heterocycles. The number of para-hydroxylation sites is 1. The Balaban J connectivity index is 1.54. The van der Waals surface area contributed by atoms with Crippen molar-refractivity contribution in [2.45, 2.75) is 17.9 Å². The quantitative estimate of drug-likeness (QED) is 0.334. The van der Waals surface area contributed by atoms with Crippen molar-refractivity contribution in [1.82, 2.24) is 4.90 Å². The summed E-state index contributed by atoms with van der Waals surface area (Å²) in [5.74, 6) is 0.453. The zero-order chi connectivity index (χ0) is 26.0. The maximum absolute atomic E-state index is 14.0. The minimum absolute atomic E-state index is 0.0281. The van der Waals surface area contributed by atoms with E-state index in [-0.39, 0.29) is 23.2 Å². The van der Waals surface area contributed by atoms with Crippen LogP contribution in [0.25, 0.3) is 0 Å². The summed E-state index contributed by atoms with van der Waals surface area (Å²) in [5.41, 5.74) is 3.05. The van der Waals surface area contributed by atoms with Gasteiger partial charge in [-0.25, -0.2) is 12.7 Å². The van der Waals surface area contributed by atoms with Crippen LogP contribution in [0.4, 0.5) is 11.4 Å². The van der Waals surface area contributed by atoms with Gasteiger partial charge in [-0.2, -0.15) is 0 Å². The van der Waals surface area contributed by atoms with Crippen LogP contribution in [0.2, 0.25) is 0 Å². The van der Waals surface area contributed by atoms with Crippen LogP contribution < -0.4 is 9.04 Å². The lowest BCUT2D eigenvalue weighted by Crippen LogP contribution is -2.41. The van der Waals surface area contributed by atoms with Crippen molar-refractivity contribution in [2.75, 3.05) is 37.2 Å². The predicted molar refractivity (Wildman–Crippen MR) is 139 cm³/mol. The van der Waals surface area contributed by atoms with Crippen LogP contribution in [-0.4, -0.2) is 51.2 Å². The second kappa shape index (κ2) is 10.3. The third-order valence-corrected chi connectivity index (χ3v) is 8.28. The highest BCUT2D eigenvalue weighted by molar-refractivity contribution is 7.93. The van der Waals surface area contributed by atoms with Crippen LogP contribution in [0.1, 0.15) is 17.2 Å². The van der Waals surface area contributed by atoms with Crippen LogP contribution in [-0.2, 0) is 14.8 Å². The molecule has 0 saturated carbocycles. The number of nitrogens with zero attached hydrogens (tertiary/aromatic N) is 3. The van der Waals surface area contributed by atoms with Gasteiger partial charge in [0.05, 0.1) is 40.5 Å². The minimum atomic E-state index is -3.92. The number of fused-ring (bicyclic) bond motifs is 1. The molecule has 5 rings (SSSR count). The van der Waals surface area contributed by atoms with Crippen molar-refractivity contribution in [3.63, 3.8) is 0 Å². The van der Waals surface area contributed by atoms with E-state index in [0.717, 1.165) is 11.1 Å². The van der Waals surface area contributed by atoms with E-state index in [1.165, 1.54) is 28.6 Å². The van der Waals surface area contributed by atoms with Crippen molar-refractivity contribution in [3.8, 4) is 5.75 Å². The molecule has 0 N–H and O–H groups in total. The summed E-state index contributed by atoms with van der Waals surface area (Å²) in [6, 6.07) is 19.9. The van der Waals surface area contributed by atoms with Crippen molar-refractivity contribution in [3.05, 3.63) is 106 Å². The van der Waals surface area contributed by atoms with Crippen molar-refractivity contribution < 1.29 is 22.8 Å². The fourth-order valence-electron chi connectivity index (χ4n) is 4.70. The first-order valence-corrected chi connectivity index (χ1v) is 13.4. The maximum Gasteiger partial charge on any atom is 0.269 e. The number of morpholine rings is 1. The number of sulfonamides is 1. The average molecular weight is 522 g/mol. The normalized spacial score (nSPS) is 19.1. The molecule has 2 aliphatic heterocycles. The van der Waals surface area contributed by atoms with Crippen molar-refractivity contribution >= 4 is 21.4 Å². The Labute approximate surface area is 215 Å². The fraction of sp³-hybridized carbons (Fsp3) is 0.259. The summed E-state index contributed by atoms with van der Waals surface area (Å²) in [5, 5.41) is 10.9. The van der Waals surface area contributed by atoms with E-state index in [1.807, 2.05) is 31.2 Å². The summed E-state index contributed by atoms with van der Waals surface area (Å²) in [6.07, 6.45) is 1.79. The van der Waals surface area contributed by atoms with Gasteiger partial charge in [0.25, 0.3) is 15.7 Å². The molecule has 2 aliphatic rings. The lowest BCUT2D eigenvalue weighted by atomic mass is 10.0. The summed E-state index contributed by atoms with van der Waals surface area (Å²) in [6.45, 7) is 4.46. The van der Waals surface area contributed by atoms with Gasteiger partial charge in [-0.1, -0.05) is 35.9 Å². The van der Waals surface area contributed by atoms with Gasteiger partial charge in [0.15, 0.2) is 0 Å². The van der Waals surface area contributed by atoms with Gasteiger partial charge in [0.2, 0.25) is 0 Å². The van der Waals surface area contributed by atoms with Crippen molar-refractivity contribution in [2.24, 2.45) is 0 Å². The van der Waals surface area contributed by atoms with Crippen LogP contribution in [0.5, 0.6) is 5.75 Å². The molecule has 1 saturated heterocycles. The molecular formula is C27H27N3O6S. The Morgan fingerprint density at radius 1 is 1.03 bits per heavy atom. The van der Waals surface area contributed by atoms with Gasteiger partial charge in [-0.3, -0.25) is 15.0 Å². The molecule has 3 aromatic carbocycles. The predicted octanol–water partition coefficient (Wildman–Crippen LogP) is 4.45. The van der Waals surface area contributed by atoms with E-state index in [4.69, 9.17) is 9.47 Å². The van der Waals surface area contributed by atoms with E-state index < -0.39 is 14.9 Å². The lowest BCUT2D eigenvalue weighted by Gasteiger charge is -2.34. The summed E-state index contributed by atoms with van der Waals surface area (Å²) in [4.78, 5) is 12.9. The molecule has 9 nitrogen and oxygen atoms in total. The Kier molecular flexibility index (Phi) is 6.96. The molecule has 10 heteroatoms. The zero-order valence-electron chi connectivity index (χ0n) is 20.3. The Hall–Kier alpha value is -3.73. The van der Waals surface area contributed by atoms with Gasteiger partial charge >= 0.3 is 0 Å². The van der Waals surface area contributed by atoms with E-state index in [1.54, 1.807) is 30.3 Å². The molecule has 0 amide bonds. The molecule has 0 spiro atoms. The molecule has 1 atom stereocenters. The molecule has 2 heterocycles. The Morgan fingerprint density at radius 2 is 1.70 bits per heavy atom. The monoisotopic (exact) mass is 521 g/mol. The van der Waals surface area contributed by atoms with Crippen LogP contribution in [0, 0.1) is 17.0 Å². The minimum Gasteiger partial charge on any atom is -0.489 e. The van der Waals surface area contributed by atoms with Gasteiger partial charge in [-0.15, -0.1) is 0 Å². The molecule has 1 unspecified atom stereocenters. The van der Waals surface area contributed by atoms with E-state index in [9.17, 15) is 18.5 Å². The van der Waals surface area contributed by atoms with Gasteiger partial charge in [0, 0.05) is 30.8 Å². The van der Waals surface area contributed by atoms with Gasteiger partial charge in [-0.05, 0) is 43.3 Å². The SMILES string of the molecule is Cc1ccc(S(=O)(=O)N2/C(=C\COc3ccc([N+](=O)[O-])cc3)C(N3CCOCC3)c3ccccc32)cc1. The molecule has 0 aliphatic carbocycles. The highest BCUT2D eigenvalue weighted by atomic mass is 32.2. The number of ether oxygens (including phenoxy) is 2. The largest absolute Gasteiger partial charge is 0.489 e. The first kappa shape index (κ1) is 24.9. The molecule has 3 aromatic rings. The highest BCUT2D eigenvalue weighted by Gasteiger charge is 2.43. The third kappa shape index (κ3) is 4.95. The van der Waals surface area contributed by atoms with Gasteiger partial charge in [0.1, 0.15) is 12.4 Å². The number of aryl methyl sites for hydroxylation is 1. The van der Waals surface area contributed by atoms with Gasteiger partial charge < -0.3 is 9.47 Å². The molecule has 1 fully saturated rings. The Bertz CT molecular complexity index is 1420. The second-order valence-corrected chi connectivity index (χ2v) is 10.7. The first-order valence-electron chi connectivity index (χ1n) is 12.0. The summed E-state index contributed by atoms with van der Waals surface area (Å²) in [7, 11) is -3.92. The standard InChI is InChI=1S/C27H27N3O6S/c1-20-6-12-23(13-7-20)37(33,34)29-25-5-3-2-4-24(25)27(28-15-18-35-19-16-28)26(29)14-17-36-22-10-8-21(9-11-22)30(31)32/h2-14,27H,15-19H2,1H3/b26-14-. The lowest BCUT2D eigenvalue weighted by molar-refractivity contribution is -0.384. The number of benzene rings is 3. The third-order valence-electron chi connectivity index (χ3n) is 6.52. The number of nitro benzene ring substituents is 1. The first-order chi connectivity index (χ1) is 17.9. The number of rotatable bonds is 7. The van der Waals surface area contributed by atoms with E-state index in [2.05, 4.69) is 4.90 Å². The second-order valence-electron chi connectivity index (χ2n) is 8.88. The number of non-ortho nitro benzene ring substituents is 1. The zero-order valence-corrected chi connectivity index (χ0v) is 21.1. The van der Waals surface area contributed by atoms with Crippen LogP contribution in [0.3, 0.4) is 0 Å². The molecular weight excluding hydrogens is 494 g/mol. The van der Waals surface area contributed by atoms with Crippen LogP contribution in [0.15, 0.2) is 89.5 Å². The smallest absolute Gasteiger partial charge is 0.269 e.